The van der Waals surface area contributed by atoms with E-state index >= 15 is 0 Å². The van der Waals surface area contributed by atoms with E-state index in [0.29, 0.717) is 30.5 Å². The zero-order chi connectivity index (χ0) is 16.0. The Morgan fingerprint density at radius 3 is 2.67 bits per heavy atom. The molecule has 1 aromatic rings. The lowest BCUT2D eigenvalue weighted by molar-refractivity contribution is 0.0312. The van der Waals surface area contributed by atoms with Gasteiger partial charge in [-0.3, -0.25) is 4.79 Å². The van der Waals surface area contributed by atoms with E-state index in [2.05, 4.69) is 4.98 Å². The first kappa shape index (κ1) is 17.4. The highest BCUT2D eigenvalue weighted by molar-refractivity contribution is 5.96. The molecule has 1 amide bonds. The van der Waals surface area contributed by atoms with Crippen molar-refractivity contribution in [2.24, 2.45) is 5.92 Å². The summed E-state index contributed by atoms with van der Waals surface area (Å²) in [7, 11) is 0. The van der Waals surface area contributed by atoms with Gasteiger partial charge >= 0.3 is 0 Å². The molecular weight excluding hydrogens is 268 g/mol. The van der Waals surface area contributed by atoms with Crippen LogP contribution in [0.2, 0.25) is 0 Å². The number of carbonyl (C=O) groups is 1. The Kier molecular flexibility index (Phi) is 6.15. The van der Waals surface area contributed by atoms with Crippen molar-refractivity contribution < 1.29 is 14.6 Å². The van der Waals surface area contributed by atoms with Gasteiger partial charge in [-0.15, -0.1) is 0 Å². The minimum atomic E-state index is -0.938. The molecule has 0 fully saturated rings. The van der Waals surface area contributed by atoms with E-state index in [1.807, 2.05) is 20.8 Å². The Hall–Kier alpha value is -1.62. The van der Waals surface area contributed by atoms with Crippen LogP contribution in [-0.4, -0.2) is 46.2 Å². The Morgan fingerprint density at radius 2 is 2.14 bits per heavy atom. The predicted octanol–water partition coefficient (Wildman–Crippen LogP) is 2.35. The Balaban J connectivity index is 2.94. The van der Waals surface area contributed by atoms with Gasteiger partial charge in [0.2, 0.25) is 5.88 Å². The minimum absolute atomic E-state index is 0.175. The van der Waals surface area contributed by atoms with Crippen LogP contribution in [0.5, 0.6) is 5.88 Å². The number of carbonyl (C=O) groups excluding carboxylic acids is 1. The van der Waals surface area contributed by atoms with Crippen molar-refractivity contribution in [3.05, 3.63) is 23.9 Å². The quantitative estimate of drug-likeness (QED) is 0.838. The number of rotatable bonds is 7. The molecule has 1 rings (SSSR count). The maximum atomic E-state index is 12.6. The predicted molar refractivity (Wildman–Crippen MR) is 82.4 cm³/mol. The van der Waals surface area contributed by atoms with E-state index in [9.17, 15) is 9.90 Å². The normalized spacial score (nSPS) is 11.6. The second-order valence-electron chi connectivity index (χ2n) is 6.19. The van der Waals surface area contributed by atoms with Crippen LogP contribution in [0, 0.1) is 5.92 Å². The van der Waals surface area contributed by atoms with E-state index < -0.39 is 5.60 Å². The smallest absolute Gasteiger partial charge is 0.259 e. The topological polar surface area (TPSA) is 62.7 Å². The third kappa shape index (κ3) is 5.71. The van der Waals surface area contributed by atoms with Crippen molar-refractivity contribution >= 4 is 5.91 Å². The maximum Gasteiger partial charge on any atom is 0.259 e. The summed E-state index contributed by atoms with van der Waals surface area (Å²) in [6.07, 6.45) is 1.61. The van der Waals surface area contributed by atoms with Gasteiger partial charge in [0.1, 0.15) is 5.56 Å². The van der Waals surface area contributed by atoms with E-state index in [4.69, 9.17) is 4.74 Å². The Labute approximate surface area is 126 Å². The molecule has 0 radical (unpaired) electrons. The van der Waals surface area contributed by atoms with Gasteiger partial charge in [-0.2, -0.15) is 0 Å². The first-order valence-electron chi connectivity index (χ1n) is 7.34. The summed E-state index contributed by atoms with van der Waals surface area (Å²) < 4.78 is 5.62. The summed E-state index contributed by atoms with van der Waals surface area (Å²) in [6, 6.07) is 3.42. The van der Waals surface area contributed by atoms with Crippen molar-refractivity contribution in [1.29, 1.82) is 0 Å². The summed E-state index contributed by atoms with van der Waals surface area (Å²) in [4.78, 5) is 18.4. The van der Waals surface area contributed by atoms with Gasteiger partial charge in [-0.1, -0.05) is 13.8 Å². The molecule has 1 N–H and O–H groups in total. The molecule has 0 bridgehead atoms. The van der Waals surface area contributed by atoms with Crippen LogP contribution in [-0.2, 0) is 0 Å². The van der Waals surface area contributed by atoms with Crippen LogP contribution in [0.25, 0.3) is 0 Å². The van der Waals surface area contributed by atoms with Gasteiger partial charge < -0.3 is 14.7 Å². The summed E-state index contributed by atoms with van der Waals surface area (Å²) in [5, 5.41) is 9.92. The molecule has 0 aromatic carbocycles. The second-order valence-corrected chi connectivity index (χ2v) is 6.19. The van der Waals surface area contributed by atoms with Gasteiger partial charge in [0, 0.05) is 19.3 Å². The molecule has 0 aliphatic carbocycles. The SMILES string of the molecule is CCN(CC(C)(C)O)C(=O)c1cccnc1OCC(C)C. The molecule has 0 aliphatic heterocycles. The average Bonchev–Trinajstić information content (AvgIpc) is 2.41. The van der Waals surface area contributed by atoms with Crippen LogP contribution < -0.4 is 4.74 Å². The molecule has 118 valence electrons. The number of likely N-dealkylation sites (N-methyl/N-ethyl adjacent to an activating group) is 1. The number of amides is 1. The van der Waals surface area contributed by atoms with Crippen LogP contribution in [0.1, 0.15) is 45.0 Å². The van der Waals surface area contributed by atoms with Crippen molar-refractivity contribution in [2.45, 2.75) is 40.2 Å². The second kappa shape index (κ2) is 7.41. The number of pyridine rings is 1. The van der Waals surface area contributed by atoms with Gasteiger partial charge in [0.15, 0.2) is 0 Å². The highest BCUT2D eigenvalue weighted by Crippen LogP contribution is 2.19. The molecule has 0 saturated carbocycles. The average molecular weight is 294 g/mol. The number of ether oxygens (including phenoxy) is 1. The number of aromatic nitrogens is 1. The van der Waals surface area contributed by atoms with Crippen molar-refractivity contribution in [3.63, 3.8) is 0 Å². The standard InChI is InChI=1S/C16H26N2O3/c1-6-18(11-16(4,5)20)15(19)13-8-7-9-17-14(13)21-10-12(2)3/h7-9,12,20H,6,10-11H2,1-5H3. The fourth-order valence-corrected chi connectivity index (χ4v) is 1.88. The van der Waals surface area contributed by atoms with E-state index in [1.54, 1.807) is 37.1 Å². The molecule has 0 atom stereocenters. The summed E-state index contributed by atoms with van der Waals surface area (Å²) in [5.41, 5.74) is -0.503. The van der Waals surface area contributed by atoms with Gasteiger partial charge in [-0.25, -0.2) is 4.98 Å². The van der Waals surface area contributed by atoms with Crippen molar-refractivity contribution in [1.82, 2.24) is 9.88 Å². The third-order valence-electron chi connectivity index (χ3n) is 2.80. The molecule has 0 unspecified atom stereocenters. The lowest BCUT2D eigenvalue weighted by Gasteiger charge is -2.28. The van der Waals surface area contributed by atoms with Crippen LogP contribution in [0.3, 0.4) is 0 Å². The summed E-state index contributed by atoms with van der Waals surface area (Å²) in [5.74, 6) is 0.533. The summed E-state index contributed by atoms with van der Waals surface area (Å²) in [6.45, 7) is 10.6. The van der Waals surface area contributed by atoms with Crippen molar-refractivity contribution in [2.75, 3.05) is 19.7 Å². The highest BCUT2D eigenvalue weighted by Gasteiger charge is 2.24. The van der Waals surface area contributed by atoms with Crippen molar-refractivity contribution in [3.8, 4) is 5.88 Å². The molecule has 0 spiro atoms. The van der Waals surface area contributed by atoms with Gasteiger partial charge in [0.25, 0.3) is 5.91 Å². The number of hydrogen-bond acceptors (Lipinski definition) is 4. The molecule has 0 aliphatic rings. The minimum Gasteiger partial charge on any atom is -0.477 e. The monoisotopic (exact) mass is 294 g/mol. The van der Waals surface area contributed by atoms with E-state index in [0.717, 1.165) is 0 Å². The molecule has 21 heavy (non-hydrogen) atoms. The number of hydrogen-bond donors (Lipinski definition) is 1. The van der Waals surface area contributed by atoms with E-state index in [-0.39, 0.29) is 12.5 Å². The largest absolute Gasteiger partial charge is 0.477 e. The lowest BCUT2D eigenvalue weighted by Crippen LogP contribution is -2.42. The Bertz CT molecular complexity index is 467. The highest BCUT2D eigenvalue weighted by atomic mass is 16.5. The first-order valence-corrected chi connectivity index (χ1v) is 7.34. The molecule has 5 nitrogen and oxygen atoms in total. The Morgan fingerprint density at radius 1 is 1.48 bits per heavy atom. The zero-order valence-electron chi connectivity index (χ0n) is 13.6. The van der Waals surface area contributed by atoms with Crippen LogP contribution in [0.15, 0.2) is 18.3 Å². The zero-order valence-corrected chi connectivity index (χ0v) is 13.6. The van der Waals surface area contributed by atoms with Gasteiger partial charge in [-0.05, 0) is 38.8 Å². The fourth-order valence-electron chi connectivity index (χ4n) is 1.88. The molecular formula is C16H26N2O3. The number of nitrogens with zero attached hydrogens (tertiary/aromatic N) is 2. The molecule has 0 saturated heterocycles. The maximum absolute atomic E-state index is 12.6. The first-order chi connectivity index (χ1) is 9.74. The third-order valence-corrected chi connectivity index (χ3v) is 2.80. The molecule has 1 aromatic heterocycles. The molecule has 5 heteroatoms. The van der Waals surface area contributed by atoms with E-state index in [1.165, 1.54) is 0 Å². The summed E-state index contributed by atoms with van der Waals surface area (Å²) >= 11 is 0. The molecule has 1 heterocycles. The van der Waals surface area contributed by atoms with Gasteiger partial charge in [0.05, 0.1) is 12.2 Å². The fraction of sp³-hybridized carbons (Fsp3) is 0.625. The van der Waals surface area contributed by atoms with Crippen LogP contribution >= 0.6 is 0 Å². The number of aliphatic hydroxyl groups is 1. The lowest BCUT2D eigenvalue weighted by atomic mass is 10.1. The van der Waals surface area contributed by atoms with Crippen LogP contribution in [0.4, 0.5) is 0 Å².